The molecule has 15 nitrogen and oxygen atoms in total. The van der Waals surface area contributed by atoms with Gasteiger partial charge in [0.1, 0.15) is 29.3 Å². The lowest BCUT2D eigenvalue weighted by atomic mass is 9.99. The Morgan fingerprint density at radius 2 is 1.63 bits per heavy atom. The first-order valence-corrected chi connectivity index (χ1v) is 20.0. The van der Waals surface area contributed by atoms with Crippen LogP contribution in [0.25, 0.3) is 27.8 Å². The van der Waals surface area contributed by atoms with Crippen molar-refractivity contribution in [1.29, 1.82) is 0 Å². The van der Waals surface area contributed by atoms with Gasteiger partial charge in [0.15, 0.2) is 0 Å². The number of amides is 1. The fraction of sp³-hybridized carbons (Fsp3) is 0.244. The summed E-state index contributed by atoms with van der Waals surface area (Å²) in [5.41, 5.74) is -0.690. The quantitative estimate of drug-likeness (QED) is 0.166. The summed E-state index contributed by atoms with van der Waals surface area (Å²) in [6.45, 7) is 2.78. The molecule has 18 heteroatoms. The van der Waals surface area contributed by atoms with Gasteiger partial charge in [-0.1, -0.05) is 30.3 Å². The number of ether oxygens (including phenoxy) is 2. The molecule has 3 aromatic carbocycles. The Balaban J connectivity index is 1.04. The summed E-state index contributed by atoms with van der Waals surface area (Å²) < 4.78 is 71.9. The Hall–Kier alpha value is -6.66. The van der Waals surface area contributed by atoms with E-state index in [1.54, 1.807) is 43.6 Å². The molecular formula is C41H37F2N7O8S. The third kappa shape index (κ3) is 8.63. The van der Waals surface area contributed by atoms with Crippen LogP contribution in [-0.2, 0) is 37.8 Å². The minimum Gasteiger partial charge on any atom is -0.464 e. The molecule has 0 unspecified atom stereocenters. The van der Waals surface area contributed by atoms with Crippen LogP contribution in [-0.4, -0.2) is 70.2 Å². The number of hydrogen-bond acceptors (Lipinski definition) is 11. The van der Waals surface area contributed by atoms with Gasteiger partial charge >= 0.3 is 11.7 Å². The Morgan fingerprint density at radius 1 is 0.915 bits per heavy atom. The average molecular weight is 826 g/mol. The number of pyridine rings is 1. The molecule has 0 saturated carbocycles. The van der Waals surface area contributed by atoms with Gasteiger partial charge < -0.3 is 14.8 Å². The van der Waals surface area contributed by atoms with Crippen molar-refractivity contribution in [3.63, 3.8) is 0 Å². The van der Waals surface area contributed by atoms with E-state index in [1.165, 1.54) is 54.2 Å². The Bertz CT molecular complexity index is 2770. The standard InChI is InChI=1S/C41H37F2N7O8S/c1-3-58-40(53)34(18-24-8-13-36(44-21-24)50-39(52)29-6-4-5-7-35(29)49(2)41(50)54)47-38(51)30-19-32(43)33(20-31(30)42)48-59(55,56)28-11-9-25(10-12-28)27-22-45-37(46-23-27)26-14-16-57-17-15-26/h4-13,19-23,26,34,48H,3,14-18H2,1-2H3,(H,47,51)/t34-/m0/s1. The molecule has 2 N–H and O–H groups in total. The van der Waals surface area contributed by atoms with Crippen LogP contribution >= 0.6 is 0 Å². The number of fused-ring (bicyclic) bond motifs is 1. The van der Waals surface area contributed by atoms with Crippen LogP contribution in [0.15, 0.2) is 106 Å². The van der Waals surface area contributed by atoms with E-state index in [0.717, 1.165) is 17.4 Å². The molecule has 0 radical (unpaired) electrons. The number of halogens is 2. The zero-order chi connectivity index (χ0) is 41.8. The number of rotatable bonds is 12. The lowest BCUT2D eigenvalue weighted by molar-refractivity contribution is -0.145. The number of nitrogens with zero attached hydrogens (tertiary/aromatic N) is 5. The zero-order valence-electron chi connectivity index (χ0n) is 31.7. The summed E-state index contributed by atoms with van der Waals surface area (Å²) in [6, 6.07) is 14.7. The Labute approximate surface area is 335 Å². The smallest absolute Gasteiger partial charge is 0.337 e. The van der Waals surface area contributed by atoms with Gasteiger partial charge in [0.05, 0.1) is 33.7 Å². The molecule has 304 valence electrons. The number of carbonyl (C=O) groups excluding carboxylic acids is 2. The van der Waals surface area contributed by atoms with Crippen LogP contribution in [0, 0.1) is 11.6 Å². The van der Waals surface area contributed by atoms with Crippen LogP contribution in [0.1, 0.15) is 47.4 Å². The van der Waals surface area contributed by atoms with E-state index >= 15 is 8.78 Å². The zero-order valence-corrected chi connectivity index (χ0v) is 32.5. The number of sulfonamides is 1. The number of carbonyl (C=O) groups is 2. The molecule has 1 fully saturated rings. The summed E-state index contributed by atoms with van der Waals surface area (Å²) in [6.07, 6.45) is 6.04. The first-order chi connectivity index (χ1) is 28.3. The lowest BCUT2D eigenvalue weighted by Crippen LogP contribution is -2.43. The fourth-order valence-electron chi connectivity index (χ4n) is 6.67. The molecule has 0 bridgehead atoms. The second-order valence-corrected chi connectivity index (χ2v) is 15.3. The highest BCUT2D eigenvalue weighted by atomic mass is 32.2. The molecule has 7 rings (SSSR count). The van der Waals surface area contributed by atoms with Crippen molar-refractivity contribution in [2.24, 2.45) is 7.05 Å². The van der Waals surface area contributed by atoms with E-state index in [4.69, 9.17) is 9.47 Å². The van der Waals surface area contributed by atoms with Crippen molar-refractivity contribution in [3.8, 4) is 16.9 Å². The Morgan fingerprint density at radius 3 is 2.31 bits per heavy atom. The summed E-state index contributed by atoms with van der Waals surface area (Å²) in [5, 5.41) is 2.65. The third-order valence-electron chi connectivity index (χ3n) is 9.83. The van der Waals surface area contributed by atoms with Gasteiger partial charge in [-0.05, 0) is 67.3 Å². The van der Waals surface area contributed by atoms with Crippen molar-refractivity contribution >= 4 is 38.5 Å². The molecule has 1 aliphatic rings. The molecular weight excluding hydrogens is 789 g/mol. The maximum Gasteiger partial charge on any atom is 0.337 e. The highest BCUT2D eigenvalue weighted by Crippen LogP contribution is 2.27. The van der Waals surface area contributed by atoms with Gasteiger partial charge in [-0.15, -0.1) is 0 Å². The van der Waals surface area contributed by atoms with Crippen LogP contribution in [0.5, 0.6) is 0 Å². The van der Waals surface area contributed by atoms with Gasteiger partial charge in [0.2, 0.25) is 0 Å². The molecule has 4 heterocycles. The molecule has 59 heavy (non-hydrogen) atoms. The predicted molar refractivity (Wildman–Crippen MR) is 212 cm³/mol. The van der Waals surface area contributed by atoms with Crippen molar-refractivity contribution in [1.82, 2.24) is 29.4 Å². The van der Waals surface area contributed by atoms with Gasteiger partial charge in [-0.25, -0.2) is 46.3 Å². The number of aromatic nitrogens is 5. The number of aryl methyl sites for hydroxylation is 1. The van der Waals surface area contributed by atoms with Gasteiger partial charge in [-0.2, -0.15) is 0 Å². The molecule has 0 spiro atoms. The monoisotopic (exact) mass is 825 g/mol. The molecule has 1 amide bonds. The first-order valence-electron chi connectivity index (χ1n) is 18.5. The minimum absolute atomic E-state index is 0.00841. The topological polar surface area (TPSA) is 193 Å². The largest absolute Gasteiger partial charge is 0.464 e. The van der Waals surface area contributed by atoms with Crippen LogP contribution < -0.4 is 21.3 Å². The second kappa shape index (κ2) is 17.1. The van der Waals surface area contributed by atoms with Crippen molar-refractivity contribution in [3.05, 3.63) is 141 Å². The molecule has 6 aromatic rings. The number of anilines is 1. The van der Waals surface area contributed by atoms with E-state index < -0.39 is 62.1 Å². The third-order valence-corrected chi connectivity index (χ3v) is 11.2. The van der Waals surface area contributed by atoms with Crippen LogP contribution in [0.3, 0.4) is 0 Å². The molecule has 3 aromatic heterocycles. The van der Waals surface area contributed by atoms with Gasteiger partial charge in [0, 0.05) is 62.8 Å². The van der Waals surface area contributed by atoms with Crippen LogP contribution in [0.2, 0.25) is 0 Å². The highest BCUT2D eigenvalue weighted by molar-refractivity contribution is 7.92. The predicted octanol–water partition coefficient (Wildman–Crippen LogP) is 4.42. The van der Waals surface area contributed by atoms with E-state index in [2.05, 4.69) is 20.3 Å². The summed E-state index contributed by atoms with van der Waals surface area (Å²) in [5.74, 6) is -3.69. The summed E-state index contributed by atoms with van der Waals surface area (Å²) in [7, 11) is -2.90. The highest BCUT2D eigenvalue weighted by Gasteiger charge is 2.27. The molecule has 1 atom stereocenters. The molecule has 1 aliphatic heterocycles. The van der Waals surface area contributed by atoms with E-state index in [1.807, 2.05) is 4.72 Å². The second-order valence-electron chi connectivity index (χ2n) is 13.7. The maximum atomic E-state index is 15.4. The lowest BCUT2D eigenvalue weighted by Gasteiger charge is -2.20. The number of nitrogens with one attached hydrogen (secondary N) is 2. The van der Waals surface area contributed by atoms with E-state index in [0.29, 0.717) is 58.8 Å². The van der Waals surface area contributed by atoms with Crippen LogP contribution in [0.4, 0.5) is 14.5 Å². The number of hydrogen-bond donors (Lipinski definition) is 2. The Kier molecular flexibility index (Phi) is 11.7. The average Bonchev–Trinajstić information content (AvgIpc) is 3.25. The maximum absolute atomic E-state index is 15.4. The first kappa shape index (κ1) is 40.5. The van der Waals surface area contributed by atoms with Gasteiger partial charge in [-0.3, -0.25) is 18.9 Å². The fourth-order valence-corrected chi connectivity index (χ4v) is 7.73. The van der Waals surface area contributed by atoms with Crippen molar-refractivity contribution in [2.45, 2.75) is 43.0 Å². The van der Waals surface area contributed by atoms with Crippen molar-refractivity contribution < 1.29 is 36.3 Å². The minimum atomic E-state index is -4.42. The van der Waals surface area contributed by atoms with E-state index in [9.17, 15) is 27.6 Å². The SMILES string of the molecule is CCOC(=O)[C@H](Cc1ccc(-n2c(=O)c3ccccc3n(C)c2=O)nc1)NC(=O)c1cc(F)c(NS(=O)(=O)c2ccc(-c3cnc(C4CCOCC4)nc3)cc2)cc1F. The van der Waals surface area contributed by atoms with Crippen molar-refractivity contribution in [2.75, 3.05) is 24.5 Å². The number of para-hydroxylation sites is 1. The van der Waals surface area contributed by atoms with Gasteiger partial charge in [0.25, 0.3) is 21.5 Å². The summed E-state index contributed by atoms with van der Waals surface area (Å²) >= 11 is 0. The molecule has 0 aliphatic carbocycles. The number of benzene rings is 3. The summed E-state index contributed by atoms with van der Waals surface area (Å²) in [4.78, 5) is 65.4. The number of esters is 1. The molecule has 1 saturated heterocycles. The normalized spacial score (nSPS) is 13.8. The van der Waals surface area contributed by atoms with E-state index in [-0.39, 0.29) is 29.7 Å².